The van der Waals surface area contributed by atoms with Crippen molar-refractivity contribution in [3.63, 3.8) is 0 Å². The Labute approximate surface area is 170 Å². The van der Waals surface area contributed by atoms with Gasteiger partial charge in [0, 0.05) is 22.4 Å². The molecule has 0 saturated carbocycles. The zero-order valence-electron chi connectivity index (χ0n) is 12.8. The maximum Gasteiger partial charge on any atom is 0.673 e. The van der Waals surface area contributed by atoms with E-state index in [0.29, 0.717) is 0 Å². The van der Waals surface area contributed by atoms with E-state index in [-0.39, 0.29) is 22.4 Å². The molecule has 0 bridgehead atoms. The minimum Gasteiger partial charge on any atom is -0.418 e. The van der Waals surface area contributed by atoms with E-state index in [9.17, 15) is 104 Å². The summed E-state index contributed by atoms with van der Waals surface area (Å²) in [5.74, 6) is 0. The van der Waals surface area contributed by atoms with Gasteiger partial charge in [0.2, 0.25) is 0 Å². The zero-order valence-corrected chi connectivity index (χ0v) is 14.3. The molecule has 0 aromatic heterocycles. The Kier molecular flexibility index (Phi) is 29.4. The van der Waals surface area contributed by atoms with Gasteiger partial charge < -0.3 is 104 Å². The maximum atomic E-state index is 9.75. The third-order valence-electron chi connectivity index (χ3n) is 0. The van der Waals surface area contributed by atoms with E-state index < -0.39 is 43.5 Å². The standard InChI is InChI=1S/Ag.6BF4/c;6*2-1(3,4)5/q;6*-1. The summed E-state index contributed by atoms with van der Waals surface area (Å²) in [7, 11) is -36.0. The number of hydrogen-bond donors (Lipinski definition) is 0. The van der Waals surface area contributed by atoms with E-state index in [1.54, 1.807) is 0 Å². The smallest absolute Gasteiger partial charge is 0.418 e. The molecule has 0 fully saturated rings. The van der Waals surface area contributed by atoms with Gasteiger partial charge in [-0.3, -0.25) is 0 Å². The fourth-order valence-corrected chi connectivity index (χ4v) is 0. The molecular formula is AgB6F24-6. The first-order chi connectivity index (χ1) is 12.0. The van der Waals surface area contributed by atoms with Gasteiger partial charge in [-0.2, -0.15) is 0 Å². The van der Waals surface area contributed by atoms with Gasteiger partial charge in [0.15, 0.2) is 0 Å². The van der Waals surface area contributed by atoms with Crippen LogP contribution in [0.25, 0.3) is 0 Å². The van der Waals surface area contributed by atoms with Crippen LogP contribution in [-0.4, -0.2) is 43.5 Å². The van der Waals surface area contributed by atoms with Gasteiger partial charge in [0.25, 0.3) is 0 Å². The zero-order chi connectivity index (χ0) is 27.0. The summed E-state index contributed by atoms with van der Waals surface area (Å²) < 4.78 is 234. The molecule has 31 heteroatoms. The average Bonchev–Trinajstić information content (AvgIpc) is 1.94. The molecule has 0 amide bonds. The second-order valence-corrected chi connectivity index (χ2v) is 2.97. The Morgan fingerprint density at radius 1 is 0.161 bits per heavy atom. The van der Waals surface area contributed by atoms with E-state index in [1.807, 2.05) is 0 Å². The molecule has 0 rings (SSSR count). The maximum absolute atomic E-state index is 9.75. The van der Waals surface area contributed by atoms with Crippen LogP contribution < -0.4 is 0 Å². The molecule has 0 unspecified atom stereocenters. The second-order valence-electron chi connectivity index (χ2n) is 2.97. The van der Waals surface area contributed by atoms with Crippen molar-refractivity contribution in [3.8, 4) is 0 Å². The first-order valence-corrected chi connectivity index (χ1v) is 5.24. The van der Waals surface area contributed by atoms with E-state index >= 15 is 0 Å². The molecule has 0 saturated heterocycles. The number of halogens is 24. The molecule has 0 N–H and O–H groups in total. The van der Waals surface area contributed by atoms with Gasteiger partial charge >= 0.3 is 43.5 Å². The quantitative estimate of drug-likeness (QED) is 0.190. The largest absolute Gasteiger partial charge is 0.673 e. The fraction of sp³-hybridized carbons (Fsp3) is 0. The molecule has 0 heterocycles. The normalized spacial score (nSPS) is 11.6. The van der Waals surface area contributed by atoms with Crippen molar-refractivity contribution < 1.29 is 126 Å². The molecule has 1 radical (unpaired) electrons. The summed E-state index contributed by atoms with van der Waals surface area (Å²) in [4.78, 5) is 0. The predicted octanol–water partition coefficient (Wildman–Crippen LogP) is 7.80. The Balaban J connectivity index is -0.0000000443. The molecular weight excluding hydrogens is 629 g/mol. The van der Waals surface area contributed by atoms with Crippen molar-refractivity contribution in [1.29, 1.82) is 0 Å². The van der Waals surface area contributed by atoms with Crippen LogP contribution in [-0.2, 0) is 22.4 Å². The summed E-state index contributed by atoms with van der Waals surface area (Å²) >= 11 is 0. The first kappa shape index (κ1) is 48.0. The van der Waals surface area contributed by atoms with Gasteiger partial charge in [0.05, 0.1) is 0 Å². The van der Waals surface area contributed by atoms with E-state index in [2.05, 4.69) is 0 Å². The van der Waals surface area contributed by atoms with Crippen LogP contribution in [0.2, 0.25) is 0 Å². The molecule has 0 nitrogen and oxygen atoms in total. The van der Waals surface area contributed by atoms with Crippen molar-refractivity contribution in [2.24, 2.45) is 0 Å². The first-order valence-electron chi connectivity index (χ1n) is 5.24. The third-order valence-corrected chi connectivity index (χ3v) is 0. The topological polar surface area (TPSA) is 0 Å². The van der Waals surface area contributed by atoms with Crippen LogP contribution in [0, 0.1) is 0 Å². The van der Waals surface area contributed by atoms with Crippen LogP contribution in [0.5, 0.6) is 0 Å². The third kappa shape index (κ3) is 73300. The summed E-state index contributed by atoms with van der Waals surface area (Å²) in [6, 6.07) is 0. The van der Waals surface area contributed by atoms with Gasteiger partial charge in [-0.25, -0.2) is 0 Å². The van der Waals surface area contributed by atoms with Crippen LogP contribution in [0.1, 0.15) is 0 Å². The monoisotopic (exact) mass is 629 g/mol. The van der Waals surface area contributed by atoms with Crippen LogP contribution in [0.4, 0.5) is 104 Å². The van der Waals surface area contributed by atoms with Crippen LogP contribution in [0.15, 0.2) is 0 Å². The van der Waals surface area contributed by atoms with Crippen molar-refractivity contribution in [2.45, 2.75) is 0 Å². The molecule has 0 aliphatic rings. The second kappa shape index (κ2) is 19.0. The Hall–Kier alpha value is -0.550. The summed E-state index contributed by atoms with van der Waals surface area (Å²) in [5.41, 5.74) is 0. The number of rotatable bonds is 0. The van der Waals surface area contributed by atoms with Crippen molar-refractivity contribution in [2.75, 3.05) is 0 Å². The van der Waals surface area contributed by atoms with Crippen molar-refractivity contribution in [1.82, 2.24) is 0 Å². The molecule has 0 aliphatic carbocycles. The molecule has 0 aliphatic heterocycles. The minimum absolute atomic E-state index is 0. The Bertz CT molecular complexity index is 214. The van der Waals surface area contributed by atoms with E-state index in [1.165, 1.54) is 0 Å². The SMILES string of the molecule is F[B-](F)(F)F.F[B-](F)(F)F.F[B-](F)(F)F.F[B-](F)(F)F.F[B-](F)(F)F.F[B-](F)(F)F.[Ag]. The summed E-state index contributed by atoms with van der Waals surface area (Å²) in [6.07, 6.45) is 0. The van der Waals surface area contributed by atoms with Crippen LogP contribution in [0.3, 0.4) is 0 Å². The predicted molar refractivity (Wildman–Crippen MR) is 61.1 cm³/mol. The van der Waals surface area contributed by atoms with Gasteiger partial charge in [0.1, 0.15) is 0 Å². The van der Waals surface area contributed by atoms with Gasteiger partial charge in [-0.05, 0) is 0 Å². The molecule has 0 atom stereocenters. The van der Waals surface area contributed by atoms with Crippen molar-refractivity contribution in [3.05, 3.63) is 0 Å². The van der Waals surface area contributed by atoms with Crippen LogP contribution >= 0.6 is 0 Å². The van der Waals surface area contributed by atoms with Gasteiger partial charge in [-0.1, -0.05) is 0 Å². The summed E-state index contributed by atoms with van der Waals surface area (Å²) in [5, 5.41) is 0. The van der Waals surface area contributed by atoms with E-state index in [0.717, 1.165) is 0 Å². The molecule has 31 heavy (non-hydrogen) atoms. The fourth-order valence-electron chi connectivity index (χ4n) is 0. The Morgan fingerprint density at radius 3 is 0.161 bits per heavy atom. The van der Waals surface area contributed by atoms with E-state index in [4.69, 9.17) is 0 Å². The Morgan fingerprint density at radius 2 is 0.161 bits per heavy atom. The van der Waals surface area contributed by atoms with Crippen molar-refractivity contribution >= 4 is 43.5 Å². The van der Waals surface area contributed by atoms with Gasteiger partial charge in [-0.15, -0.1) is 0 Å². The summed E-state index contributed by atoms with van der Waals surface area (Å²) in [6.45, 7) is 0. The number of hydrogen-bond acceptors (Lipinski definition) is 0. The molecule has 0 aromatic rings. The average molecular weight is 629 g/mol. The minimum atomic E-state index is -6.00. The molecule has 0 aromatic carbocycles. The molecule has 203 valence electrons. The molecule has 0 spiro atoms.